The standard InChI is InChI=1S/C11H20N2O5S/c1-12(2)19(17,18)8-6-10(14)13-7-4-3-5-9(13)11(15)16/h9H,3-8H2,1-2H3,(H,15,16). The molecule has 1 fully saturated rings. The Morgan fingerprint density at radius 1 is 1.32 bits per heavy atom. The first kappa shape index (κ1) is 15.9. The number of piperidine rings is 1. The molecule has 110 valence electrons. The van der Waals surface area contributed by atoms with E-state index in [4.69, 9.17) is 5.11 Å². The summed E-state index contributed by atoms with van der Waals surface area (Å²) in [5.74, 6) is -1.72. The maximum absolute atomic E-state index is 12.0. The molecule has 0 saturated carbocycles. The van der Waals surface area contributed by atoms with Gasteiger partial charge in [0.15, 0.2) is 0 Å². The number of hydrogen-bond donors (Lipinski definition) is 1. The van der Waals surface area contributed by atoms with E-state index in [-0.39, 0.29) is 12.2 Å². The van der Waals surface area contributed by atoms with Crippen LogP contribution in [0.4, 0.5) is 0 Å². The van der Waals surface area contributed by atoms with Crippen LogP contribution in [0.25, 0.3) is 0 Å². The minimum atomic E-state index is -3.43. The summed E-state index contributed by atoms with van der Waals surface area (Å²) in [5.41, 5.74) is 0. The quantitative estimate of drug-likeness (QED) is 0.753. The fourth-order valence-corrected chi connectivity index (χ4v) is 2.83. The normalized spacial score (nSPS) is 20.6. The number of aliphatic carboxylic acids is 1. The molecule has 0 aliphatic carbocycles. The Kier molecular flexibility index (Phi) is 5.30. The van der Waals surface area contributed by atoms with Gasteiger partial charge < -0.3 is 10.0 Å². The first-order valence-electron chi connectivity index (χ1n) is 6.18. The fraction of sp³-hybridized carbons (Fsp3) is 0.818. The van der Waals surface area contributed by atoms with Gasteiger partial charge >= 0.3 is 5.97 Å². The van der Waals surface area contributed by atoms with Gasteiger partial charge in [0.1, 0.15) is 6.04 Å². The first-order chi connectivity index (χ1) is 8.75. The maximum Gasteiger partial charge on any atom is 0.326 e. The van der Waals surface area contributed by atoms with Crippen molar-refractivity contribution in [3.63, 3.8) is 0 Å². The Labute approximate surface area is 113 Å². The Hall–Kier alpha value is -1.15. The third kappa shape index (κ3) is 4.17. The minimum Gasteiger partial charge on any atom is -0.480 e. The highest BCUT2D eigenvalue weighted by Gasteiger charge is 2.32. The van der Waals surface area contributed by atoms with Gasteiger partial charge in [-0.1, -0.05) is 0 Å². The van der Waals surface area contributed by atoms with Crippen LogP contribution in [0.1, 0.15) is 25.7 Å². The fourth-order valence-electron chi connectivity index (χ4n) is 2.03. The molecule has 8 heteroatoms. The Morgan fingerprint density at radius 2 is 1.95 bits per heavy atom. The van der Waals surface area contributed by atoms with Gasteiger partial charge in [0.05, 0.1) is 5.75 Å². The second-order valence-corrected chi connectivity index (χ2v) is 7.09. The first-order valence-corrected chi connectivity index (χ1v) is 7.79. The summed E-state index contributed by atoms with van der Waals surface area (Å²) in [4.78, 5) is 24.3. The SMILES string of the molecule is CN(C)S(=O)(=O)CCC(=O)N1CCCCC1C(=O)O. The number of nitrogens with zero attached hydrogens (tertiary/aromatic N) is 2. The molecule has 0 bridgehead atoms. The maximum atomic E-state index is 12.0. The molecular formula is C11H20N2O5S. The van der Waals surface area contributed by atoms with E-state index in [1.54, 1.807) is 0 Å². The number of sulfonamides is 1. The lowest BCUT2D eigenvalue weighted by Crippen LogP contribution is -2.48. The van der Waals surface area contributed by atoms with E-state index in [9.17, 15) is 18.0 Å². The molecule has 0 radical (unpaired) electrons. The molecule has 0 aromatic heterocycles. The zero-order chi connectivity index (χ0) is 14.6. The van der Waals surface area contributed by atoms with Gasteiger partial charge in [-0.25, -0.2) is 17.5 Å². The molecule has 0 aromatic carbocycles. The van der Waals surface area contributed by atoms with Crippen molar-refractivity contribution in [1.29, 1.82) is 0 Å². The third-order valence-electron chi connectivity index (χ3n) is 3.24. The van der Waals surface area contributed by atoms with E-state index in [2.05, 4.69) is 0 Å². The molecule has 1 amide bonds. The number of carbonyl (C=O) groups is 2. The smallest absolute Gasteiger partial charge is 0.326 e. The summed E-state index contributed by atoms with van der Waals surface area (Å²) in [6.07, 6.45) is 1.79. The number of carboxylic acids is 1. The van der Waals surface area contributed by atoms with E-state index in [0.717, 1.165) is 17.1 Å². The van der Waals surface area contributed by atoms with Crippen LogP contribution in [0.15, 0.2) is 0 Å². The molecule has 1 saturated heterocycles. The highest BCUT2D eigenvalue weighted by Crippen LogP contribution is 2.18. The zero-order valence-electron chi connectivity index (χ0n) is 11.2. The Balaban J connectivity index is 2.64. The van der Waals surface area contributed by atoms with Crippen molar-refractivity contribution in [2.75, 3.05) is 26.4 Å². The van der Waals surface area contributed by atoms with E-state index < -0.39 is 27.9 Å². The minimum absolute atomic E-state index is 0.176. The van der Waals surface area contributed by atoms with Gasteiger partial charge in [-0.05, 0) is 19.3 Å². The average molecular weight is 292 g/mol. The zero-order valence-corrected chi connectivity index (χ0v) is 12.0. The molecule has 1 aliphatic heterocycles. The average Bonchev–Trinajstić information content (AvgIpc) is 2.35. The van der Waals surface area contributed by atoms with Crippen molar-refractivity contribution in [3.8, 4) is 0 Å². The van der Waals surface area contributed by atoms with Crippen LogP contribution in [0, 0.1) is 0 Å². The molecule has 19 heavy (non-hydrogen) atoms. The summed E-state index contributed by atoms with van der Waals surface area (Å²) in [6, 6.07) is -0.816. The number of carbonyl (C=O) groups excluding carboxylic acids is 1. The lowest BCUT2D eigenvalue weighted by atomic mass is 10.0. The number of amides is 1. The topological polar surface area (TPSA) is 95.0 Å². The van der Waals surface area contributed by atoms with E-state index >= 15 is 0 Å². The molecule has 0 spiro atoms. The second-order valence-electron chi connectivity index (χ2n) is 4.79. The lowest BCUT2D eigenvalue weighted by Gasteiger charge is -2.33. The van der Waals surface area contributed by atoms with Gasteiger partial charge in [0.2, 0.25) is 15.9 Å². The third-order valence-corrected chi connectivity index (χ3v) is 5.07. The van der Waals surface area contributed by atoms with E-state index in [0.29, 0.717) is 13.0 Å². The van der Waals surface area contributed by atoms with E-state index in [1.807, 2.05) is 0 Å². The highest BCUT2D eigenvalue weighted by molar-refractivity contribution is 7.89. The monoisotopic (exact) mass is 292 g/mol. The number of hydrogen-bond acceptors (Lipinski definition) is 4. The predicted octanol–water partition coefficient (Wildman–Crippen LogP) is -0.266. The van der Waals surface area contributed by atoms with Gasteiger partial charge in [0, 0.05) is 27.1 Å². The van der Waals surface area contributed by atoms with Gasteiger partial charge in [-0.3, -0.25) is 4.79 Å². The molecule has 1 unspecified atom stereocenters. The van der Waals surface area contributed by atoms with Crippen molar-refractivity contribution in [3.05, 3.63) is 0 Å². The number of rotatable bonds is 5. The molecule has 1 aliphatic rings. The van der Waals surface area contributed by atoms with Gasteiger partial charge in [-0.2, -0.15) is 0 Å². The van der Waals surface area contributed by atoms with Crippen molar-refractivity contribution in [2.45, 2.75) is 31.7 Å². The number of carboxylic acid groups (broad SMARTS) is 1. The Bertz CT molecular complexity index is 446. The van der Waals surface area contributed by atoms with Crippen LogP contribution in [0.3, 0.4) is 0 Å². The lowest BCUT2D eigenvalue weighted by molar-refractivity contribution is -0.151. The molecule has 1 atom stereocenters. The molecule has 1 N–H and O–H groups in total. The second kappa shape index (κ2) is 6.33. The van der Waals surface area contributed by atoms with Gasteiger partial charge in [-0.15, -0.1) is 0 Å². The summed E-state index contributed by atoms with van der Waals surface area (Å²) < 4.78 is 24.2. The van der Waals surface area contributed by atoms with Crippen LogP contribution in [-0.4, -0.2) is 67.0 Å². The predicted molar refractivity (Wildman–Crippen MR) is 69.1 cm³/mol. The highest BCUT2D eigenvalue weighted by atomic mass is 32.2. The van der Waals surface area contributed by atoms with Gasteiger partial charge in [0.25, 0.3) is 0 Å². The van der Waals surface area contributed by atoms with Crippen LogP contribution >= 0.6 is 0 Å². The summed E-state index contributed by atoms with van der Waals surface area (Å²) in [6.45, 7) is 0.387. The summed E-state index contributed by atoms with van der Waals surface area (Å²) in [7, 11) is -0.624. The molecule has 1 heterocycles. The van der Waals surface area contributed by atoms with E-state index in [1.165, 1.54) is 19.0 Å². The Morgan fingerprint density at radius 3 is 2.47 bits per heavy atom. The molecule has 7 nitrogen and oxygen atoms in total. The van der Waals surface area contributed by atoms with Crippen LogP contribution in [0.2, 0.25) is 0 Å². The molecule has 1 rings (SSSR count). The van der Waals surface area contributed by atoms with Crippen LogP contribution < -0.4 is 0 Å². The molecule has 0 aromatic rings. The molecular weight excluding hydrogens is 272 g/mol. The number of likely N-dealkylation sites (tertiary alicyclic amines) is 1. The largest absolute Gasteiger partial charge is 0.480 e. The van der Waals surface area contributed by atoms with Crippen LogP contribution in [0.5, 0.6) is 0 Å². The van der Waals surface area contributed by atoms with Crippen molar-refractivity contribution in [2.24, 2.45) is 0 Å². The summed E-state index contributed by atoms with van der Waals surface area (Å²) in [5, 5.41) is 9.05. The summed E-state index contributed by atoms with van der Waals surface area (Å²) >= 11 is 0. The van der Waals surface area contributed by atoms with Crippen LogP contribution in [-0.2, 0) is 19.6 Å². The van der Waals surface area contributed by atoms with Crippen molar-refractivity contribution < 1.29 is 23.1 Å². The van der Waals surface area contributed by atoms with Crippen molar-refractivity contribution in [1.82, 2.24) is 9.21 Å². The van der Waals surface area contributed by atoms with Crippen molar-refractivity contribution >= 4 is 21.9 Å².